The molecule has 1 aromatic carbocycles. The van der Waals surface area contributed by atoms with E-state index in [2.05, 4.69) is 15.5 Å². The molecule has 24 heavy (non-hydrogen) atoms. The SMILES string of the molecule is O=C(Nc1nncs1)c1cc(=O)c(OCc2ccc(Cl)cc2)co1. The monoisotopic (exact) mass is 363 g/mol. The number of aromatic nitrogens is 2. The van der Waals surface area contributed by atoms with Gasteiger partial charge in [0.2, 0.25) is 16.3 Å². The summed E-state index contributed by atoms with van der Waals surface area (Å²) in [6, 6.07) is 8.09. The number of hydrogen-bond acceptors (Lipinski definition) is 7. The van der Waals surface area contributed by atoms with Gasteiger partial charge in [-0.15, -0.1) is 10.2 Å². The molecule has 0 aliphatic rings. The topological polar surface area (TPSA) is 94.3 Å². The van der Waals surface area contributed by atoms with E-state index < -0.39 is 11.3 Å². The van der Waals surface area contributed by atoms with Gasteiger partial charge in [0.15, 0.2) is 5.76 Å². The molecule has 3 aromatic rings. The lowest BCUT2D eigenvalue weighted by Crippen LogP contribution is -2.15. The van der Waals surface area contributed by atoms with Gasteiger partial charge in [-0.2, -0.15) is 0 Å². The van der Waals surface area contributed by atoms with Crippen LogP contribution in [0.2, 0.25) is 5.02 Å². The number of carbonyl (C=O) groups is 1. The summed E-state index contributed by atoms with van der Waals surface area (Å²) in [5, 5.41) is 10.7. The van der Waals surface area contributed by atoms with Crippen molar-refractivity contribution in [1.82, 2.24) is 10.2 Å². The summed E-state index contributed by atoms with van der Waals surface area (Å²) in [4.78, 5) is 23.9. The number of rotatable bonds is 5. The highest BCUT2D eigenvalue weighted by atomic mass is 35.5. The smallest absolute Gasteiger partial charge is 0.293 e. The van der Waals surface area contributed by atoms with Crippen LogP contribution in [0.4, 0.5) is 5.13 Å². The maximum absolute atomic E-state index is 12.0. The Bertz CT molecular complexity index is 894. The number of nitrogens with zero attached hydrogens (tertiary/aromatic N) is 2. The largest absolute Gasteiger partial charge is 0.482 e. The summed E-state index contributed by atoms with van der Waals surface area (Å²) in [6.07, 6.45) is 1.10. The molecule has 1 amide bonds. The molecule has 122 valence electrons. The van der Waals surface area contributed by atoms with Crippen molar-refractivity contribution in [2.24, 2.45) is 0 Å². The third-order valence-corrected chi connectivity index (χ3v) is 3.77. The number of carbonyl (C=O) groups excluding carboxylic acids is 1. The first-order valence-electron chi connectivity index (χ1n) is 6.69. The minimum Gasteiger partial charge on any atom is -0.482 e. The first-order chi connectivity index (χ1) is 11.6. The van der Waals surface area contributed by atoms with Crippen molar-refractivity contribution in [3.8, 4) is 5.75 Å². The zero-order chi connectivity index (χ0) is 16.9. The fraction of sp³-hybridized carbons (Fsp3) is 0.0667. The third kappa shape index (κ3) is 3.98. The van der Waals surface area contributed by atoms with Gasteiger partial charge >= 0.3 is 0 Å². The molecule has 7 nitrogen and oxygen atoms in total. The van der Waals surface area contributed by atoms with E-state index in [-0.39, 0.29) is 18.1 Å². The number of anilines is 1. The normalized spacial score (nSPS) is 10.4. The average molecular weight is 364 g/mol. The maximum atomic E-state index is 12.0. The Morgan fingerprint density at radius 2 is 2.12 bits per heavy atom. The van der Waals surface area contributed by atoms with Crippen LogP contribution in [-0.2, 0) is 6.61 Å². The highest BCUT2D eigenvalue weighted by Crippen LogP contribution is 2.14. The molecule has 0 aliphatic heterocycles. The molecule has 0 saturated carbocycles. The van der Waals surface area contributed by atoms with Gasteiger partial charge in [0.25, 0.3) is 5.91 Å². The Kier molecular flexibility index (Phi) is 4.88. The quantitative estimate of drug-likeness (QED) is 0.748. The summed E-state index contributed by atoms with van der Waals surface area (Å²) in [5.41, 5.74) is 1.86. The van der Waals surface area contributed by atoms with Crippen LogP contribution in [0.15, 0.2) is 51.3 Å². The standard InChI is InChI=1S/C15H10ClN3O4S/c16-10-3-1-9(2-4-10)6-22-13-7-23-12(5-11(13)20)14(21)18-15-19-17-8-24-15/h1-5,7-8H,6H2,(H,18,19,21). The predicted octanol–water partition coefficient (Wildman–Crippen LogP) is 2.98. The van der Waals surface area contributed by atoms with Gasteiger partial charge in [0.1, 0.15) is 18.4 Å². The highest BCUT2D eigenvalue weighted by Gasteiger charge is 2.13. The molecule has 0 radical (unpaired) electrons. The van der Waals surface area contributed by atoms with Crippen molar-refractivity contribution in [2.45, 2.75) is 6.61 Å². The van der Waals surface area contributed by atoms with Crippen molar-refractivity contribution in [3.05, 3.63) is 68.7 Å². The Morgan fingerprint density at radius 3 is 2.79 bits per heavy atom. The van der Waals surface area contributed by atoms with Gasteiger partial charge in [0.05, 0.1) is 0 Å². The first-order valence-corrected chi connectivity index (χ1v) is 7.95. The van der Waals surface area contributed by atoms with E-state index in [4.69, 9.17) is 20.8 Å². The fourth-order valence-electron chi connectivity index (χ4n) is 1.75. The molecule has 0 spiro atoms. The molecule has 3 rings (SSSR count). The molecular weight excluding hydrogens is 354 g/mol. The molecule has 0 fully saturated rings. The maximum Gasteiger partial charge on any atom is 0.293 e. The zero-order valence-corrected chi connectivity index (χ0v) is 13.6. The van der Waals surface area contributed by atoms with Gasteiger partial charge in [0, 0.05) is 11.1 Å². The summed E-state index contributed by atoms with van der Waals surface area (Å²) in [7, 11) is 0. The molecular formula is C15H10ClN3O4S. The van der Waals surface area contributed by atoms with Gasteiger partial charge < -0.3 is 9.15 Å². The Morgan fingerprint density at radius 1 is 1.33 bits per heavy atom. The zero-order valence-electron chi connectivity index (χ0n) is 12.1. The van der Waals surface area contributed by atoms with Crippen LogP contribution >= 0.6 is 22.9 Å². The van der Waals surface area contributed by atoms with E-state index in [9.17, 15) is 9.59 Å². The van der Waals surface area contributed by atoms with Crippen molar-refractivity contribution in [3.63, 3.8) is 0 Å². The second-order valence-electron chi connectivity index (χ2n) is 4.59. The number of halogens is 1. The summed E-state index contributed by atoms with van der Waals surface area (Å²) < 4.78 is 10.6. The number of benzene rings is 1. The molecule has 2 heterocycles. The molecule has 9 heteroatoms. The van der Waals surface area contributed by atoms with Crippen LogP contribution in [0, 0.1) is 0 Å². The van der Waals surface area contributed by atoms with Crippen LogP contribution < -0.4 is 15.5 Å². The minimum atomic E-state index is -0.590. The average Bonchev–Trinajstić information content (AvgIpc) is 3.08. The van der Waals surface area contributed by atoms with Gasteiger partial charge in [-0.3, -0.25) is 14.9 Å². The first kappa shape index (κ1) is 16.2. The third-order valence-electron chi connectivity index (χ3n) is 2.91. The number of nitrogens with one attached hydrogen (secondary N) is 1. The Hall–Kier alpha value is -2.71. The van der Waals surface area contributed by atoms with Crippen LogP contribution in [0.5, 0.6) is 5.75 Å². The van der Waals surface area contributed by atoms with Crippen molar-refractivity contribution in [1.29, 1.82) is 0 Å². The lowest BCUT2D eigenvalue weighted by Gasteiger charge is -2.06. The lowest BCUT2D eigenvalue weighted by atomic mass is 10.2. The Balaban J connectivity index is 1.67. The number of amides is 1. The summed E-state index contributed by atoms with van der Waals surface area (Å²) in [6.45, 7) is 0.179. The van der Waals surface area contributed by atoms with Crippen LogP contribution in [0.25, 0.3) is 0 Å². The van der Waals surface area contributed by atoms with Crippen molar-refractivity contribution >= 4 is 34.0 Å². The van der Waals surface area contributed by atoms with E-state index in [1.165, 1.54) is 5.51 Å². The molecule has 0 saturated heterocycles. The van der Waals surface area contributed by atoms with E-state index in [1.54, 1.807) is 24.3 Å². The summed E-state index contributed by atoms with van der Waals surface area (Å²) >= 11 is 6.95. The minimum absolute atomic E-state index is 0.0115. The van der Waals surface area contributed by atoms with Crippen LogP contribution in [0.3, 0.4) is 0 Å². The Labute approximate surface area is 144 Å². The molecule has 0 aliphatic carbocycles. The molecule has 0 bridgehead atoms. The molecule has 0 unspecified atom stereocenters. The molecule has 0 atom stereocenters. The molecule has 2 aromatic heterocycles. The van der Waals surface area contributed by atoms with Crippen LogP contribution in [0.1, 0.15) is 16.1 Å². The second kappa shape index (κ2) is 7.24. The van der Waals surface area contributed by atoms with E-state index in [0.717, 1.165) is 29.2 Å². The lowest BCUT2D eigenvalue weighted by molar-refractivity contribution is 0.0993. The number of hydrogen-bond donors (Lipinski definition) is 1. The van der Waals surface area contributed by atoms with Gasteiger partial charge in [-0.05, 0) is 17.7 Å². The van der Waals surface area contributed by atoms with Crippen LogP contribution in [-0.4, -0.2) is 16.1 Å². The second-order valence-corrected chi connectivity index (χ2v) is 5.86. The predicted molar refractivity (Wildman–Crippen MR) is 88.6 cm³/mol. The van der Waals surface area contributed by atoms with E-state index in [1.807, 2.05) is 0 Å². The molecule has 1 N–H and O–H groups in total. The van der Waals surface area contributed by atoms with E-state index >= 15 is 0 Å². The highest BCUT2D eigenvalue weighted by molar-refractivity contribution is 7.13. The van der Waals surface area contributed by atoms with Gasteiger partial charge in [-0.25, -0.2) is 0 Å². The van der Waals surface area contributed by atoms with Crippen molar-refractivity contribution < 1.29 is 13.9 Å². The number of ether oxygens (including phenoxy) is 1. The van der Waals surface area contributed by atoms with E-state index in [0.29, 0.717) is 10.2 Å². The van der Waals surface area contributed by atoms with Gasteiger partial charge in [-0.1, -0.05) is 35.1 Å². The summed E-state index contributed by atoms with van der Waals surface area (Å²) in [5.74, 6) is -0.723. The fourth-order valence-corrected chi connectivity index (χ4v) is 2.32. The van der Waals surface area contributed by atoms with Crippen molar-refractivity contribution in [2.75, 3.05) is 5.32 Å².